The molecule has 4 atom stereocenters. The summed E-state index contributed by atoms with van der Waals surface area (Å²) in [7, 11) is 0. The van der Waals surface area contributed by atoms with Gasteiger partial charge in [-0.3, -0.25) is 19.2 Å². The number of carbonyl (C=O) groups is 4. The lowest BCUT2D eigenvalue weighted by molar-refractivity contribution is -0.138. The van der Waals surface area contributed by atoms with Crippen LogP contribution in [0.5, 0.6) is 0 Å². The van der Waals surface area contributed by atoms with Crippen molar-refractivity contribution >= 4 is 29.8 Å². The molecule has 2 amide bonds. The number of amides is 2. The molecule has 0 bridgehead atoms. The molecule has 1 fully saturated rings. The summed E-state index contributed by atoms with van der Waals surface area (Å²) in [6, 6.07) is -0.448. The third-order valence-electron chi connectivity index (χ3n) is 9.14. The molecule has 1 saturated heterocycles. The summed E-state index contributed by atoms with van der Waals surface area (Å²) >= 11 is 0. The number of rotatable bonds is 12. The fourth-order valence-electron chi connectivity index (χ4n) is 6.46. The summed E-state index contributed by atoms with van der Waals surface area (Å²) in [4.78, 5) is 51.3. The lowest BCUT2D eigenvalue weighted by Crippen LogP contribution is -2.30. The van der Waals surface area contributed by atoms with E-state index in [1.807, 2.05) is 39.8 Å². The zero-order valence-electron chi connectivity index (χ0n) is 25.5. The van der Waals surface area contributed by atoms with Crippen molar-refractivity contribution in [3.05, 3.63) is 74.9 Å². The standard InChI is InChI=1S/C33H42N4O6/c1-7-20-19(6)32(42)37-27(20)14-25-18(5)23(10-12-31(40)41)29(35-25)15-28-22(9-11-30(38)39)17(4)24(34-28)13-26-16(3)21(8-2)33(43)36-26/h8,14-15,19-20,25-26,34-35H,2,7,9-13H2,1,3-6H3,(H,36,43)(H,37,42)(H,38,39)(H,40,41)/b27-14-,29-15-/t19-,20-,25?,26-/m1/s1. The quantitative estimate of drug-likeness (QED) is 0.214. The van der Waals surface area contributed by atoms with E-state index in [0.29, 0.717) is 24.8 Å². The number of H-pyrrole nitrogens is 1. The molecule has 0 radical (unpaired) electrons. The Bertz CT molecular complexity index is 1490. The number of allylic oxidation sites excluding steroid dienone is 2. The van der Waals surface area contributed by atoms with Crippen molar-refractivity contribution in [1.82, 2.24) is 20.9 Å². The van der Waals surface area contributed by atoms with Crippen LogP contribution in [0.15, 0.2) is 52.4 Å². The van der Waals surface area contributed by atoms with Gasteiger partial charge in [-0.25, -0.2) is 0 Å². The molecular formula is C33H42N4O6. The first kappa shape index (κ1) is 31.6. The van der Waals surface area contributed by atoms with Gasteiger partial charge in [-0.2, -0.15) is 0 Å². The van der Waals surface area contributed by atoms with Crippen molar-refractivity contribution < 1.29 is 29.4 Å². The Labute approximate surface area is 252 Å². The van der Waals surface area contributed by atoms with E-state index in [0.717, 1.165) is 57.0 Å². The van der Waals surface area contributed by atoms with Crippen molar-refractivity contribution in [1.29, 1.82) is 0 Å². The van der Waals surface area contributed by atoms with E-state index in [2.05, 4.69) is 34.4 Å². The minimum Gasteiger partial charge on any atom is -0.481 e. The largest absolute Gasteiger partial charge is 0.481 e. The van der Waals surface area contributed by atoms with Gasteiger partial charge in [-0.15, -0.1) is 0 Å². The molecule has 1 aromatic rings. The van der Waals surface area contributed by atoms with Crippen LogP contribution >= 0.6 is 0 Å². The number of nitrogens with one attached hydrogen (secondary N) is 4. The molecule has 0 aliphatic carbocycles. The average molecular weight is 591 g/mol. The molecular weight excluding hydrogens is 548 g/mol. The first-order chi connectivity index (χ1) is 20.4. The molecule has 10 heteroatoms. The van der Waals surface area contributed by atoms with Crippen molar-refractivity contribution in [2.75, 3.05) is 0 Å². The minimum absolute atomic E-state index is 0.000744. The summed E-state index contributed by atoms with van der Waals surface area (Å²) in [5.41, 5.74) is 8.39. The third kappa shape index (κ3) is 6.53. The van der Waals surface area contributed by atoms with Gasteiger partial charge in [0.1, 0.15) is 0 Å². The zero-order valence-corrected chi connectivity index (χ0v) is 25.5. The van der Waals surface area contributed by atoms with E-state index >= 15 is 0 Å². The normalized spacial score (nSPS) is 25.5. The Morgan fingerprint density at radius 1 is 1.00 bits per heavy atom. The second-order valence-corrected chi connectivity index (χ2v) is 11.7. The molecule has 0 aromatic carbocycles. The molecule has 10 nitrogen and oxygen atoms in total. The summed E-state index contributed by atoms with van der Waals surface area (Å²) in [5, 5.41) is 28.5. The number of aromatic nitrogens is 1. The maximum Gasteiger partial charge on any atom is 0.303 e. The number of aromatic amines is 1. The smallest absolute Gasteiger partial charge is 0.303 e. The van der Waals surface area contributed by atoms with Crippen LogP contribution in [0.4, 0.5) is 0 Å². The molecule has 3 aliphatic rings. The second-order valence-electron chi connectivity index (χ2n) is 11.7. The van der Waals surface area contributed by atoms with E-state index in [4.69, 9.17) is 0 Å². The van der Waals surface area contributed by atoms with Gasteiger partial charge >= 0.3 is 11.9 Å². The monoisotopic (exact) mass is 590 g/mol. The highest BCUT2D eigenvalue weighted by Gasteiger charge is 2.36. The summed E-state index contributed by atoms with van der Waals surface area (Å²) in [6.45, 7) is 13.6. The van der Waals surface area contributed by atoms with Gasteiger partial charge in [0.15, 0.2) is 0 Å². The van der Waals surface area contributed by atoms with Crippen LogP contribution in [-0.4, -0.2) is 51.0 Å². The van der Waals surface area contributed by atoms with Gasteiger partial charge in [0.25, 0.3) is 5.91 Å². The predicted molar refractivity (Wildman–Crippen MR) is 164 cm³/mol. The molecule has 0 spiro atoms. The summed E-state index contributed by atoms with van der Waals surface area (Å²) < 4.78 is 0. The zero-order chi connectivity index (χ0) is 31.6. The Morgan fingerprint density at radius 3 is 2.28 bits per heavy atom. The number of hydrogen-bond donors (Lipinski definition) is 6. The number of aliphatic carboxylic acids is 2. The van der Waals surface area contributed by atoms with Crippen LogP contribution < -0.4 is 16.0 Å². The van der Waals surface area contributed by atoms with E-state index < -0.39 is 11.9 Å². The molecule has 230 valence electrons. The maximum atomic E-state index is 12.4. The molecule has 4 rings (SSSR count). The molecule has 3 aliphatic heterocycles. The second kappa shape index (κ2) is 12.9. The predicted octanol–water partition coefficient (Wildman–Crippen LogP) is 4.05. The highest BCUT2D eigenvalue weighted by Crippen LogP contribution is 2.35. The lowest BCUT2D eigenvalue weighted by Gasteiger charge is -2.15. The van der Waals surface area contributed by atoms with Crippen LogP contribution in [0.1, 0.15) is 75.9 Å². The van der Waals surface area contributed by atoms with Crippen LogP contribution in [0.3, 0.4) is 0 Å². The molecule has 6 N–H and O–H groups in total. The van der Waals surface area contributed by atoms with Crippen molar-refractivity contribution in [3.63, 3.8) is 0 Å². The van der Waals surface area contributed by atoms with E-state index in [1.165, 1.54) is 0 Å². The van der Waals surface area contributed by atoms with E-state index in [-0.39, 0.29) is 48.6 Å². The van der Waals surface area contributed by atoms with Crippen LogP contribution in [0, 0.1) is 18.8 Å². The summed E-state index contributed by atoms with van der Waals surface area (Å²) in [5.74, 6) is -1.99. The SMILES string of the molecule is C=CC1=C(C)[C@@H](Cc2[nH]c(/C=C3\NC(/C=C4\NC(=O)[C@H](C)[C@H]4CC)C(C)=C3CCC(=O)O)c(CCC(=O)O)c2C)NC1=O. The van der Waals surface area contributed by atoms with Gasteiger partial charge in [-0.05, 0) is 80.0 Å². The molecule has 1 unspecified atom stereocenters. The first-order valence-corrected chi connectivity index (χ1v) is 14.8. The molecule has 4 heterocycles. The molecule has 0 saturated carbocycles. The molecule has 1 aromatic heterocycles. The fourth-order valence-corrected chi connectivity index (χ4v) is 6.46. The first-order valence-electron chi connectivity index (χ1n) is 14.8. The Balaban J connectivity index is 1.73. The number of carboxylic acid groups (broad SMARTS) is 2. The number of hydrogen-bond acceptors (Lipinski definition) is 5. The van der Waals surface area contributed by atoms with Gasteiger partial charge in [0, 0.05) is 59.5 Å². The Hall–Kier alpha value is -4.34. The Kier molecular flexibility index (Phi) is 9.47. The minimum atomic E-state index is -0.903. The van der Waals surface area contributed by atoms with Crippen LogP contribution in [0.25, 0.3) is 6.08 Å². The fraction of sp³-hybridized carbons (Fsp3) is 0.455. The van der Waals surface area contributed by atoms with Gasteiger partial charge in [0.2, 0.25) is 5.91 Å². The highest BCUT2D eigenvalue weighted by atomic mass is 16.4. The number of carboxylic acids is 2. The Morgan fingerprint density at radius 2 is 1.67 bits per heavy atom. The van der Waals surface area contributed by atoms with E-state index in [9.17, 15) is 29.4 Å². The van der Waals surface area contributed by atoms with Crippen molar-refractivity contribution in [2.45, 2.75) is 85.2 Å². The maximum absolute atomic E-state index is 12.4. The van der Waals surface area contributed by atoms with Crippen molar-refractivity contribution in [2.24, 2.45) is 11.8 Å². The topological polar surface area (TPSA) is 161 Å². The van der Waals surface area contributed by atoms with Gasteiger partial charge in [0.05, 0.1) is 12.1 Å². The molecule has 43 heavy (non-hydrogen) atoms. The lowest BCUT2D eigenvalue weighted by atomic mass is 9.91. The van der Waals surface area contributed by atoms with E-state index in [1.54, 1.807) is 6.08 Å². The summed E-state index contributed by atoms with van der Waals surface area (Å²) in [6.07, 6.45) is 7.38. The average Bonchev–Trinajstić information content (AvgIpc) is 3.59. The third-order valence-corrected chi connectivity index (χ3v) is 9.14. The van der Waals surface area contributed by atoms with Crippen LogP contribution in [-0.2, 0) is 32.0 Å². The van der Waals surface area contributed by atoms with Gasteiger partial charge in [-0.1, -0.05) is 26.5 Å². The van der Waals surface area contributed by atoms with Crippen LogP contribution in [0.2, 0.25) is 0 Å². The van der Waals surface area contributed by atoms with Gasteiger partial charge < -0.3 is 31.1 Å². The highest BCUT2D eigenvalue weighted by molar-refractivity contribution is 6.00. The number of carbonyl (C=O) groups excluding carboxylic acids is 2. The van der Waals surface area contributed by atoms with Crippen molar-refractivity contribution in [3.8, 4) is 0 Å².